The maximum atomic E-state index is 12.3. The highest BCUT2D eigenvalue weighted by Crippen LogP contribution is 2.29. The van der Waals surface area contributed by atoms with E-state index in [0.29, 0.717) is 5.69 Å². The summed E-state index contributed by atoms with van der Waals surface area (Å²) in [5.74, 6) is -0.798. The fourth-order valence-corrected chi connectivity index (χ4v) is 2.93. The van der Waals surface area contributed by atoms with E-state index in [1.807, 2.05) is 12.1 Å². The van der Waals surface area contributed by atoms with Gasteiger partial charge in [-0.25, -0.2) is 4.79 Å². The van der Waals surface area contributed by atoms with Crippen LogP contribution in [-0.2, 0) is 16.0 Å². The Morgan fingerprint density at radius 2 is 2.09 bits per heavy atom. The molecule has 5 nitrogen and oxygen atoms in total. The molecule has 0 radical (unpaired) electrons. The molecule has 0 saturated carbocycles. The first-order chi connectivity index (χ1) is 11.1. The maximum absolute atomic E-state index is 12.3. The summed E-state index contributed by atoms with van der Waals surface area (Å²) in [6.45, 7) is 1.59. The van der Waals surface area contributed by atoms with Crippen LogP contribution >= 0.6 is 0 Å². The number of aromatic nitrogens is 1. The number of nitrogens with one attached hydrogen (secondary N) is 2. The molecular weight excluding hydrogens is 292 g/mol. The molecule has 0 fully saturated rings. The Labute approximate surface area is 135 Å². The zero-order valence-corrected chi connectivity index (χ0v) is 13.0. The van der Waals surface area contributed by atoms with Crippen molar-refractivity contribution in [3.8, 4) is 0 Å². The number of hydrogen-bond acceptors (Lipinski definition) is 3. The van der Waals surface area contributed by atoms with Crippen molar-refractivity contribution >= 4 is 11.9 Å². The molecule has 5 heteroatoms. The molecular formula is C18H20N2O3. The number of esters is 1. The van der Waals surface area contributed by atoms with Crippen molar-refractivity contribution < 1.29 is 14.3 Å². The van der Waals surface area contributed by atoms with E-state index < -0.39 is 12.1 Å². The van der Waals surface area contributed by atoms with Crippen LogP contribution in [0.1, 0.15) is 47.4 Å². The molecule has 1 aliphatic rings. The van der Waals surface area contributed by atoms with E-state index in [2.05, 4.69) is 22.4 Å². The number of rotatable bonds is 4. The first kappa shape index (κ1) is 15.3. The van der Waals surface area contributed by atoms with Crippen LogP contribution in [0.2, 0.25) is 0 Å². The molecule has 2 aromatic rings. The number of amides is 1. The molecule has 23 heavy (non-hydrogen) atoms. The van der Waals surface area contributed by atoms with Crippen LogP contribution < -0.4 is 5.32 Å². The fourth-order valence-electron chi connectivity index (χ4n) is 2.93. The van der Waals surface area contributed by atoms with Crippen molar-refractivity contribution in [2.75, 3.05) is 0 Å². The molecule has 0 spiro atoms. The minimum Gasteiger partial charge on any atom is -0.448 e. The molecule has 1 aromatic carbocycles. The second kappa shape index (κ2) is 6.69. The van der Waals surface area contributed by atoms with E-state index in [-0.39, 0.29) is 11.9 Å². The Bertz CT molecular complexity index is 694. The van der Waals surface area contributed by atoms with Crippen molar-refractivity contribution in [1.82, 2.24) is 10.3 Å². The second-order valence-electron chi connectivity index (χ2n) is 5.78. The quantitative estimate of drug-likeness (QED) is 0.853. The van der Waals surface area contributed by atoms with Gasteiger partial charge in [-0.3, -0.25) is 4.79 Å². The van der Waals surface area contributed by atoms with Crippen molar-refractivity contribution in [1.29, 1.82) is 0 Å². The van der Waals surface area contributed by atoms with Gasteiger partial charge in [0.1, 0.15) is 5.69 Å². The molecule has 1 aromatic heterocycles. The van der Waals surface area contributed by atoms with Gasteiger partial charge in [0.25, 0.3) is 5.91 Å². The number of hydrogen-bond donors (Lipinski definition) is 2. The van der Waals surface area contributed by atoms with Gasteiger partial charge in [-0.1, -0.05) is 24.3 Å². The predicted octanol–water partition coefficient (Wildman–Crippen LogP) is 2.75. The number of aromatic amines is 1. The third-order valence-electron chi connectivity index (χ3n) is 4.16. The Morgan fingerprint density at radius 3 is 2.87 bits per heavy atom. The summed E-state index contributed by atoms with van der Waals surface area (Å²) in [6, 6.07) is 11.5. The number of H-pyrrole nitrogens is 1. The standard InChI is InChI=1S/C18H20N2O3/c1-12(23-18(22)16-10-5-11-19-16)17(21)20-15-9-4-7-13-6-2-3-8-14(13)15/h2-3,5-6,8,10-12,15,19H,4,7,9H2,1H3,(H,20,21)/t12-,15-/m0/s1. The summed E-state index contributed by atoms with van der Waals surface area (Å²) in [5, 5.41) is 3.00. The number of carbonyl (C=O) groups is 2. The smallest absolute Gasteiger partial charge is 0.355 e. The Hall–Kier alpha value is -2.56. The van der Waals surface area contributed by atoms with Gasteiger partial charge >= 0.3 is 5.97 Å². The second-order valence-corrected chi connectivity index (χ2v) is 5.78. The molecule has 2 N–H and O–H groups in total. The molecule has 2 atom stereocenters. The monoisotopic (exact) mass is 312 g/mol. The van der Waals surface area contributed by atoms with E-state index >= 15 is 0 Å². The summed E-state index contributed by atoms with van der Waals surface area (Å²) >= 11 is 0. The van der Waals surface area contributed by atoms with Gasteiger partial charge in [0, 0.05) is 6.20 Å². The summed E-state index contributed by atoms with van der Waals surface area (Å²) in [4.78, 5) is 27.0. The van der Waals surface area contributed by atoms with E-state index in [9.17, 15) is 9.59 Å². The first-order valence-electron chi connectivity index (χ1n) is 7.87. The van der Waals surface area contributed by atoms with Gasteiger partial charge in [0.2, 0.25) is 0 Å². The van der Waals surface area contributed by atoms with Crippen molar-refractivity contribution in [2.45, 2.75) is 38.3 Å². The van der Waals surface area contributed by atoms with Gasteiger partial charge in [-0.15, -0.1) is 0 Å². The number of carbonyl (C=O) groups excluding carboxylic acids is 2. The molecule has 1 heterocycles. The summed E-state index contributed by atoms with van der Waals surface area (Å²) in [7, 11) is 0. The zero-order chi connectivity index (χ0) is 16.2. The Balaban J connectivity index is 1.62. The van der Waals surface area contributed by atoms with Gasteiger partial charge in [0.15, 0.2) is 6.10 Å². The third-order valence-corrected chi connectivity index (χ3v) is 4.16. The highest BCUT2D eigenvalue weighted by atomic mass is 16.5. The molecule has 1 aliphatic carbocycles. The SMILES string of the molecule is C[C@H](OC(=O)c1ccc[nH]1)C(=O)N[C@H]1CCCc2ccccc21. The third kappa shape index (κ3) is 3.44. The number of aryl methyl sites for hydroxylation is 1. The maximum Gasteiger partial charge on any atom is 0.355 e. The average molecular weight is 312 g/mol. The highest BCUT2D eigenvalue weighted by molar-refractivity contribution is 5.90. The first-order valence-corrected chi connectivity index (χ1v) is 7.87. The van der Waals surface area contributed by atoms with Crippen molar-refractivity contribution in [2.24, 2.45) is 0 Å². The lowest BCUT2D eigenvalue weighted by Gasteiger charge is -2.27. The molecule has 0 unspecified atom stereocenters. The van der Waals surface area contributed by atoms with E-state index in [0.717, 1.165) is 24.8 Å². The van der Waals surface area contributed by atoms with Crippen molar-refractivity contribution in [3.05, 3.63) is 59.4 Å². The van der Waals surface area contributed by atoms with Crippen LogP contribution in [0.15, 0.2) is 42.6 Å². The summed E-state index contributed by atoms with van der Waals surface area (Å²) < 4.78 is 5.20. The van der Waals surface area contributed by atoms with Gasteiger partial charge in [0.05, 0.1) is 6.04 Å². The number of fused-ring (bicyclic) bond motifs is 1. The van der Waals surface area contributed by atoms with Crippen LogP contribution in [0, 0.1) is 0 Å². The van der Waals surface area contributed by atoms with Crippen LogP contribution in [0.3, 0.4) is 0 Å². The van der Waals surface area contributed by atoms with E-state index in [4.69, 9.17) is 4.74 Å². The highest BCUT2D eigenvalue weighted by Gasteiger charge is 2.25. The van der Waals surface area contributed by atoms with E-state index in [1.54, 1.807) is 25.3 Å². The van der Waals surface area contributed by atoms with Gasteiger partial charge in [-0.05, 0) is 49.4 Å². The molecule has 0 saturated heterocycles. The minimum atomic E-state index is -0.833. The minimum absolute atomic E-state index is 0.0147. The normalized spacial score (nSPS) is 17.9. The van der Waals surface area contributed by atoms with Crippen molar-refractivity contribution in [3.63, 3.8) is 0 Å². The van der Waals surface area contributed by atoms with Crippen LogP contribution in [0.5, 0.6) is 0 Å². The Kier molecular flexibility index (Phi) is 4.46. The zero-order valence-electron chi connectivity index (χ0n) is 13.0. The number of ether oxygens (including phenoxy) is 1. The lowest BCUT2D eigenvalue weighted by atomic mass is 9.87. The lowest BCUT2D eigenvalue weighted by Crippen LogP contribution is -2.39. The van der Waals surface area contributed by atoms with E-state index in [1.165, 1.54) is 5.56 Å². The topological polar surface area (TPSA) is 71.2 Å². The molecule has 120 valence electrons. The van der Waals surface area contributed by atoms with Gasteiger partial charge in [-0.2, -0.15) is 0 Å². The molecule has 3 rings (SSSR count). The summed E-state index contributed by atoms with van der Waals surface area (Å²) in [6.07, 6.45) is 3.79. The largest absolute Gasteiger partial charge is 0.448 e. The van der Waals surface area contributed by atoms with Crippen LogP contribution in [0.4, 0.5) is 0 Å². The Morgan fingerprint density at radius 1 is 1.26 bits per heavy atom. The number of benzene rings is 1. The molecule has 0 aliphatic heterocycles. The summed E-state index contributed by atoms with van der Waals surface area (Å²) in [5.41, 5.74) is 2.78. The fraction of sp³-hybridized carbons (Fsp3) is 0.333. The molecule has 0 bridgehead atoms. The average Bonchev–Trinajstić information content (AvgIpc) is 3.09. The van der Waals surface area contributed by atoms with Crippen LogP contribution in [0.25, 0.3) is 0 Å². The predicted molar refractivity (Wildman–Crippen MR) is 85.9 cm³/mol. The lowest BCUT2D eigenvalue weighted by molar-refractivity contribution is -0.130. The molecule has 1 amide bonds. The van der Waals surface area contributed by atoms with Crippen LogP contribution in [-0.4, -0.2) is 23.0 Å². The van der Waals surface area contributed by atoms with Gasteiger partial charge < -0.3 is 15.0 Å².